The lowest BCUT2D eigenvalue weighted by Gasteiger charge is -2.11. The summed E-state index contributed by atoms with van der Waals surface area (Å²) >= 11 is 1.59. The maximum absolute atomic E-state index is 12.0. The molecule has 0 spiro atoms. The van der Waals surface area contributed by atoms with Crippen molar-refractivity contribution in [3.8, 4) is 0 Å². The maximum atomic E-state index is 12.0. The summed E-state index contributed by atoms with van der Waals surface area (Å²) in [6.07, 6.45) is 0. The molecule has 0 unspecified atom stereocenters. The number of fused-ring (bicyclic) bond motifs is 1. The Labute approximate surface area is 130 Å². The molecule has 0 radical (unpaired) electrons. The van der Waals surface area contributed by atoms with E-state index in [1.807, 2.05) is 25.1 Å². The summed E-state index contributed by atoms with van der Waals surface area (Å²) in [6, 6.07) is 4.92. The van der Waals surface area contributed by atoms with Gasteiger partial charge >= 0.3 is 6.03 Å². The normalized spacial score (nSPS) is 12.3. The summed E-state index contributed by atoms with van der Waals surface area (Å²) in [7, 11) is 0. The second-order valence-electron chi connectivity index (χ2n) is 4.92. The average molecular weight is 317 g/mol. The molecular formula is C14H15N5O2S. The molecule has 3 rings (SSSR count). The quantitative estimate of drug-likeness (QED) is 0.774. The molecule has 1 aromatic carbocycles. The number of aryl methyl sites for hydroxylation is 2. The van der Waals surface area contributed by atoms with E-state index in [2.05, 4.69) is 25.8 Å². The monoisotopic (exact) mass is 317 g/mol. The number of benzene rings is 1. The fourth-order valence-corrected chi connectivity index (χ4v) is 2.90. The number of aromatic nitrogens is 3. The molecule has 1 atom stereocenters. The van der Waals surface area contributed by atoms with Crippen LogP contribution in [-0.4, -0.2) is 21.2 Å². The van der Waals surface area contributed by atoms with Gasteiger partial charge in [-0.2, -0.15) is 4.98 Å². The lowest BCUT2D eigenvalue weighted by atomic mass is 10.3. The van der Waals surface area contributed by atoms with E-state index >= 15 is 0 Å². The average Bonchev–Trinajstić information content (AvgIpc) is 3.03. The van der Waals surface area contributed by atoms with Crippen LogP contribution < -0.4 is 10.6 Å². The zero-order valence-corrected chi connectivity index (χ0v) is 13.2. The van der Waals surface area contributed by atoms with Gasteiger partial charge in [0.15, 0.2) is 5.82 Å². The van der Waals surface area contributed by atoms with Crippen molar-refractivity contribution >= 4 is 33.3 Å². The van der Waals surface area contributed by atoms with Gasteiger partial charge in [0.05, 0.1) is 15.2 Å². The van der Waals surface area contributed by atoms with Crippen LogP contribution in [0, 0.1) is 13.8 Å². The first kappa shape index (κ1) is 14.5. The van der Waals surface area contributed by atoms with Crippen LogP contribution in [0.4, 0.5) is 10.5 Å². The van der Waals surface area contributed by atoms with Crippen molar-refractivity contribution in [1.82, 2.24) is 20.4 Å². The van der Waals surface area contributed by atoms with Gasteiger partial charge in [-0.25, -0.2) is 9.78 Å². The van der Waals surface area contributed by atoms with E-state index < -0.39 is 0 Å². The van der Waals surface area contributed by atoms with Crippen LogP contribution in [0.1, 0.15) is 29.7 Å². The molecule has 0 saturated carbocycles. The highest BCUT2D eigenvalue weighted by atomic mass is 32.1. The third-order valence-corrected chi connectivity index (χ3v) is 3.95. The highest BCUT2D eigenvalue weighted by Crippen LogP contribution is 2.24. The summed E-state index contributed by atoms with van der Waals surface area (Å²) in [4.78, 5) is 20.5. The van der Waals surface area contributed by atoms with E-state index in [9.17, 15) is 4.79 Å². The number of rotatable bonds is 3. The summed E-state index contributed by atoms with van der Waals surface area (Å²) in [5, 5.41) is 10.2. The molecule has 114 valence electrons. The van der Waals surface area contributed by atoms with Gasteiger partial charge in [-0.3, -0.25) is 0 Å². The molecule has 0 saturated heterocycles. The standard InChI is InChI=1S/C14H15N5O2S/c1-7(13-16-8(2)19-21-13)15-14(20)18-10-4-5-11-12(6-10)22-9(3)17-11/h4-7H,1-3H3,(H2,15,18,20)/t7-/m1/s1. The third-order valence-electron chi connectivity index (χ3n) is 3.01. The molecule has 2 aromatic heterocycles. The predicted molar refractivity (Wildman–Crippen MR) is 84.0 cm³/mol. The minimum Gasteiger partial charge on any atom is -0.337 e. The topological polar surface area (TPSA) is 92.9 Å². The number of hydrogen-bond acceptors (Lipinski definition) is 6. The van der Waals surface area contributed by atoms with Crippen LogP contribution in [0.25, 0.3) is 10.2 Å². The number of carbonyl (C=O) groups is 1. The number of hydrogen-bond donors (Lipinski definition) is 2. The molecule has 3 aromatic rings. The van der Waals surface area contributed by atoms with Crippen LogP contribution >= 0.6 is 11.3 Å². The van der Waals surface area contributed by atoms with Gasteiger partial charge in [0, 0.05) is 5.69 Å². The lowest BCUT2D eigenvalue weighted by Crippen LogP contribution is -2.31. The van der Waals surface area contributed by atoms with Gasteiger partial charge in [-0.1, -0.05) is 5.16 Å². The van der Waals surface area contributed by atoms with Crippen LogP contribution in [0.2, 0.25) is 0 Å². The van der Waals surface area contributed by atoms with Gasteiger partial charge in [0.25, 0.3) is 0 Å². The van der Waals surface area contributed by atoms with Crippen molar-refractivity contribution in [1.29, 1.82) is 0 Å². The summed E-state index contributed by atoms with van der Waals surface area (Å²) in [6.45, 7) is 5.47. The number of thiazole rings is 1. The van der Waals surface area contributed by atoms with E-state index in [0.29, 0.717) is 17.4 Å². The molecule has 22 heavy (non-hydrogen) atoms. The molecule has 0 aliphatic heterocycles. The fraction of sp³-hybridized carbons (Fsp3) is 0.286. The van der Waals surface area contributed by atoms with Gasteiger partial charge < -0.3 is 15.2 Å². The van der Waals surface area contributed by atoms with Crippen molar-refractivity contribution in [2.24, 2.45) is 0 Å². The number of anilines is 1. The Morgan fingerprint density at radius 2 is 2.14 bits per heavy atom. The summed E-state index contributed by atoms with van der Waals surface area (Å²) in [5.74, 6) is 0.913. The zero-order chi connectivity index (χ0) is 15.7. The largest absolute Gasteiger partial charge is 0.337 e. The zero-order valence-electron chi connectivity index (χ0n) is 12.4. The van der Waals surface area contributed by atoms with E-state index in [0.717, 1.165) is 15.2 Å². The van der Waals surface area contributed by atoms with Crippen LogP contribution in [0.3, 0.4) is 0 Å². The van der Waals surface area contributed by atoms with E-state index in [-0.39, 0.29) is 12.1 Å². The third kappa shape index (κ3) is 3.06. The molecule has 2 heterocycles. The van der Waals surface area contributed by atoms with Crippen LogP contribution in [0.15, 0.2) is 22.7 Å². The second kappa shape index (κ2) is 5.72. The lowest BCUT2D eigenvalue weighted by molar-refractivity contribution is 0.245. The number of amides is 2. The summed E-state index contributed by atoms with van der Waals surface area (Å²) < 4.78 is 6.07. The van der Waals surface area contributed by atoms with Crippen LogP contribution in [-0.2, 0) is 0 Å². The highest BCUT2D eigenvalue weighted by Gasteiger charge is 2.15. The molecular weight excluding hydrogens is 302 g/mol. The Hall–Kier alpha value is -2.48. The number of carbonyl (C=O) groups excluding carboxylic acids is 1. The van der Waals surface area contributed by atoms with Gasteiger partial charge in [-0.15, -0.1) is 11.3 Å². The summed E-state index contributed by atoms with van der Waals surface area (Å²) in [5.41, 5.74) is 1.64. The predicted octanol–water partition coefficient (Wildman–Crippen LogP) is 3.18. The Morgan fingerprint density at radius 1 is 1.32 bits per heavy atom. The smallest absolute Gasteiger partial charge is 0.319 e. The van der Waals surface area contributed by atoms with Gasteiger partial charge in [0.1, 0.15) is 6.04 Å². The minimum absolute atomic E-state index is 0.330. The SMILES string of the molecule is Cc1noc([C@@H](C)NC(=O)Nc2ccc3nc(C)sc3c2)n1. The maximum Gasteiger partial charge on any atom is 0.319 e. The van der Waals surface area contributed by atoms with Crippen LogP contribution in [0.5, 0.6) is 0 Å². The van der Waals surface area contributed by atoms with E-state index in [1.54, 1.807) is 25.2 Å². The van der Waals surface area contributed by atoms with Gasteiger partial charge in [-0.05, 0) is 39.0 Å². The Balaban J connectivity index is 1.67. The van der Waals surface area contributed by atoms with Crippen molar-refractivity contribution in [3.63, 3.8) is 0 Å². The Bertz CT molecular complexity index is 826. The van der Waals surface area contributed by atoms with Crippen molar-refractivity contribution in [2.75, 3.05) is 5.32 Å². The fourth-order valence-electron chi connectivity index (χ4n) is 2.03. The molecule has 2 amide bonds. The Kier molecular flexibility index (Phi) is 3.76. The number of urea groups is 1. The molecule has 0 fully saturated rings. The number of nitrogens with zero attached hydrogens (tertiary/aromatic N) is 3. The number of nitrogens with one attached hydrogen (secondary N) is 2. The first-order valence-electron chi connectivity index (χ1n) is 6.76. The first-order valence-corrected chi connectivity index (χ1v) is 7.58. The van der Waals surface area contributed by atoms with E-state index in [4.69, 9.17) is 4.52 Å². The second-order valence-corrected chi connectivity index (χ2v) is 6.15. The van der Waals surface area contributed by atoms with E-state index in [1.165, 1.54) is 0 Å². The molecule has 0 aliphatic rings. The first-order chi connectivity index (χ1) is 10.5. The van der Waals surface area contributed by atoms with Crippen molar-refractivity contribution < 1.29 is 9.32 Å². The molecule has 0 bridgehead atoms. The molecule has 0 aliphatic carbocycles. The van der Waals surface area contributed by atoms with Crippen molar-refractivity contribution in [3.05, 3.63) is 34.9 Å². The Morgan fingerprint density at radius 3 is 2.86 bits per heavy atom. The van der Waals surface area contributed by atoms with Crippen molar-refractivity contribution in [2.45, 2.75) is 26.8 Å². The van der Waals surface area contributed by atoms with Gasteiger partial charge in [0.2, 0.25) is 5.89 Å². The molecule has 2 N–H and O–H groups in total. The highest BCUT2D eigenvalue weighted by molar-refractivity contribution is 7.18. The molecule has 8 heteroatoms. The minimum atomic E-state index is -0.365. The molecule has 7 nitrogen and oxygen atoms in total.